The fraction of sp³-hybridized carbons (Fsp3) is 0.961. The van der Waals surface area contributed by atoms with Gasteiger partial charge in [0.1, 0.15) is 85.5 Å². The Kier molecular flexibility index (Phi) is 17.5. The first-order valence-corrected chi connectivity index (χ1v) is 26.7. The van der Waals surface area contributed by atoms with E-state index in [1.54, 1.807) is 7.11 Å². The molecule has 0 radical (unpaired) electrons. The molecule has 3 saturated carbocycles. The molecule has 5 saturated heterocycles. The first-order chi connectivity index (χ1) is 34.7. The van der Waals surface area contributed by atoms with Gasteiger partial charge in [-0.2, -0.15) is 0 Å². The van der Waals surface area contributed by atoms with Crippen LogP contribution >= 0.6 is 0 Å². The number of aliphatic hydroxyl groups is 12. The first-order valence-electron chi connectivity index (χ1n) is 26.7. The largest absolute Gasteiger partial charge is 0.394 e. The molecule has 4 aliphatic carbocycles. The molecule has 31 atom stereocenters. The minimum atomic E-state index is -1.76. The zero-order valence-electron chi connectivity index (χ0n) is 42.8. The van der Waals surface area contributed by atoms with Crippen molar-refractivity contribution in [2.75, 3.05) is 33.5 Å². The lowest BCUT2D eigenvalue weighted by Crippen LogP contribution is -2.65. The van der Waals surface area contributed by atoms with Crippen molar-refractivity contribution in [2.24, 2.45) is 46.3 Å². The summed E-state index contributed by atoms with van der Waals surface area (Å²) in [5.74, 6) is 1.90. The Labute approximate surface area is 426 Å². The Bertz CT molecular complexity index is 1870. The maximum atomic E-state index is 12.0. The van der Waals surface area contributed by atoms with Crippen molar-refractivity contribution >= 4 is 0 Å². The number of methoxy groups -OCH3 is 1. The summed E-state index contributed by atoms with van der Waals surface area (Å²) in [5, 5.41) is 126. The number of hydrogen-bond donors (Lipinski definition) is 12. The van der Waals surface area contributed by atoms with Crippen molar-refractivity contribution in [3.63, 3.8) is 0 Å². The number of ether oxygens (including phenoxy) is 10. The lowest BCUT2D eigenvalue weighted by molar-refractivity contribution is -0.376. The lowest BCUT2D eigenvalue weighted by Gasteiger charge is -2.58. The van der Waals surface area contributed by atoms with Crippen LogP contribution in [0.25, 0.3) is 0 Å². The van der Waals surface area contributed by atoms with Crippen LogP contribution in [-0.4, -0.2) is 236 Å². The SMILES string of the molecule is COC(CC(C)COC1OC(CO)C(O)C(O)C1O)C1OC2CC3C4CC=C5CC(OC6OC(CO)C(OC7OC(CO)C(O)C7O)C(OC7OC(C)C(O)C(O)C7O)C6O)CCC5(C)C4CCC3(C)C2C1C. The Balaban J connectivity index is 0.838. The molecule has 0 spiro atoms. The zero-order chi connectivity index (χ0) is 52.6. The fourth-order valence-corrected chi connectivity index (χ4v) is 15.2. The minimum absolute atomic E-state index is 0.0358. The highest BCUT2D eigenvalue weighted by Gasteiger charge is 2.66. The second-order valence-corrected chi connectivity index (χ2v) is 23.5. The van der Waals surface area contributed by atoms with Gasteiger partial charge in [-0.3, -0.25) is 0 Å². The van der Waals surface area contributed by atoms with Gasteiger partial charge in [0.25, 0.3) is 0 Å². The predicted octanol–water partition coefficient (Wildman–Crippen LogP) is -2.06. The number of hydrogen-bond acceptors (Lipinski definition) is 22. The molecule has 0 aromatic carbocycles. The fourth-order valence-electron chi connectivity index (χ4n) is 15.2. The molecule has 22 nitrogen and oxygen atoms in total. The van der Waals surface area contributed by atoms with Crippen molar-refractivity contribution < 1.29 is 109 Å². The average Bonchev–Trinajstić information content (AvgIpc) is 3.97. The number of allylic oxidation sites excluding steroid dienone is 1. The highest BCUT2D eigenvalue weighted by Crippen LogP contribution is 2.69. The summed E-state index contributed by atoms with van der Waals surface area (Å²) in [5.41, 5.74) is 1.27. The van der Waals surface area contributed by atoms with Gasteiger partial charge in [0.2, 0.25) is 0 Å². The van der Waals surface area contributed by atoms with Crippen LogP contribution in [0.2, 0.25) is 0 Å². The van der Waals surface area contributed by atoms with E-state index in [0.29, 0.717) is 42.9 Å². The van der Waals surface area contributed by atoms with E-state index < -0.39 is 143 Å². The maximum Gasteiger partial charge on any atom is 0.187 e. The zero-order valence-corrected chi connectivity index (χ0v) is 42.8. The Morgan fingerprint density at radius 1 is 0.644 bits per heavy atom. The van der Waals surface area contributed by atoms with E-state index in [1.807, 2.05) is 6.92 Å². The molecule has 5 heterocycles. The molecule has 5 aliphatic heterocycles. The molecule has 420 valence electrons. The molecule has 12 N–H and O–H groups in total. The molecule has 31 unspecified atom stereocenters. The van der Waals surface area contributed by atoms with Gasteiger partial charge in [-0.15, -0.1) is 0 Å². The van der Waals surface area contributed by atoms with Crippen molar-refractivity contribution in [1.82, 2.24) is 0 Å². The highest BCUT2D eigenvalue weighted by atomic mass is 16.8. The molecule has 9 rings (SSSR count). The van der Waals surface area contributed by atoms with Crippen LogP contribution in [0, 0.1) is 46.3 Å². The van der Waals surface area contributed by atoms with Crippen molar-refractivity contribution in [3.8, 4) is 0 Å². The standard InChI is InChI=1S/C51H84O22/c1-20(19-65-46-40(61)38(59)35(56)30(16-52)69-46)13-29(64-6)43-21(2)33-28(68-43)15-27-25-8-7-23-14-24(9-11-50(23,4)26(25)10-12-51(27,33)5)67-49-42(63)45(73-47-41(62)37(58)34(55)22(3)66-47)44(32(18-54)71-49)72-48-39(60)36(57)31(17-53)70-48/h7,20-22,24-49,52-63H,8-19H2,1-6H3. The summed E-state index contributed by atoms with van der Waals surface area (Å²) in [6.07, 6.45) is -18.8. The summed E-state index contributed by atoms with van der Waals surface area (Å²) in [4.78, 5) is 0. The lowest BCUT2D eigenvalue weighted by atomic mass is 9.47. The molecule has 8 fully saturated rings. The van der Waals surface area contributed by atoms with Gasteiger partial charge < -0.3 is 109 Å². The summed E-state index contributed by atoms with van der Waals surface area (Å²) in [6, 6.07) is 0. The molecule has 9 aliphatic rings. The van der Waals surface area contributed by atoms with Crippen LogP contribution in [0.4, 0.5) is 0 Å². The molecule has 0 amide bonds. The highest BCUT2D eigenvalue weighted by molar-refractivity contribution is 5.26. The van der Waals surface area contributed by atoms with Gasteiger partial charge in [-0.05, 0) is 105 Å². The first kappa shape index (κ1) is 56.6. The molecule has 0 bridgehead atoms. The van der Waals surface area contributed by atoms with Gasteiger partial charge >= 0.3 is 0 Å². The summed E-state index contributed by atoms with van der Waals surface area (Å²) in [6.45, 7) is 8.99. The number of rotatable bonds is 16. The Morgan fingerprint density at radius 2 is 1.23 bits per heavy atom. The maximum absolute atomic E-state index is 12.0. The van der Waals surface area contributed by atoms with E-state index in [2.05, 4.69) is 26.8 Å². The van der Waals surface area contributed by atoms with E-state index in [9.17, 15) is 61.3 Å². The summed E-state index contributed by atoms with van der Waals surface area (Å²) < 4.78 is 60.9. The molecule has 22 heteroatoms. The quantitative estimate of drug-likeness (QED) is 0.0740. The van der Waals surface area contributed by atoms with Crippen molar-refractivity contribution in [1.29, 1.82) is 0 Å². The van der Waals surface area contributed by atoms with Gasteiger partial charge in [0.15, 0.2) is 25.2 Å². The van der Waals surface area contributed by atoms with Crippen molar-refractivity contribution in [2.45, 2.75) is 227 Å². The van der Waals surface area contributed by atoms with E-state index in [-0.39, 0.29) is 47.6 Å². The molecular formula is C51H84O22. The van der Waals surface area contributed by atoms with Crippen LogP contribution in [0.5, 0.6) is 0 Å². The van der Waals surface area contributed by atoms with E-state index in [1.165, 1.54) is 12.5 Å². The van der Waals surface area contributed by atoms with Crippen LogP contribution in [0.3, 0.4) is 0 Å². The van der Waals surface area contributed by atoms with Gasteiger partial charge in [0, 0.05) is 7.11 Å². The molecule has 73 heavy (non-hydrogen) atoms. The van der Waals surface area contributed by atoms with E-state index >= 15 is 0 Å². The van der Waals surface area contributed by atoms with E-state index in [0.717, 1.165) is 32.1 Å². The molecule has 0 aromatic heterocycles. The van der Waals surface area contributed by atoms with E-state index in [4.69, 9.17) is 47.4 Å². The molecule has 0 aromatic rings. The smallest absolute Gasteiger partial charge is 0.187 e. The van der Waals surface area contributed by atoms with Crippen LogP contribution in [0.1, 0.15) is 86.0 Å². The minimum Gasteiger partial charge on any atom is -0.394 e. The number of aliphatic hydroxyl groups excluding tert-OH is 12. The van der Waals surface area contributed by atoms with Gasteiger partial charge in [-0.1, -0.05) is 39.3 Å². The third-order valence-corrected chi connectivity index (χ3v) is 19.3. The monoisotopic (exact) mass is 1050 g/mol. The van der Waals surface area contributed by atoms with Crippen LogP contribution < -0.4 is 0 Å². The summed E-state index contributed by atoms with van der Waals surface area (Å²) >= 11 is 0. The second kappa shape index (κ2) is 22.5. The normalized spacial score (nSPS) is 53.7. The predicted molar refractivity (Wildman–Crippen MR) is 249 cm³/mol. The Hall–Kier alpha value is -1.14. The van der Waals surface area contributed by atoms with Gasteiger partial charge in [0.05, 0.1) is 56.9 Å². The average molecular weight is 1050 g/mol. The van der Waals surface area contributed by atoms with Crippen molar-refractivity contribution in [3.05, 3.63) is 11.6 Å². The van der Waals surface area contributed by atoms with Gasteiger partial charge in [-0.25, -0.2) is 0 Å². The molecular weight excluding hydrogens is 965 g/mol. The van der Waals surface area contributed by atoms with Crippen LogP contribution in [-0.2, 0) is 47.4 Å². The third kappa shape index (κ3) is 10.3. The summed E-state index contributed by atoms with van der Waals surface area (Å²) in [7, 11) is 1.70. The number of fused-ring (bicyclic) bond motifs is 7. The van der Waals surface area contributed by atoms with Crippen LogP contribution in [0.15, 0.2) is 11.6 Å². The Morgan fingerprint density at radius 3 is 1.92 bits per heavy atom. The topological polar surface area (TPSA) is 335 Å². The second-order valence-electron chi connectivity index (χ2n) is 23.5. The third-order valence-electron chi connectivity index (χ3n) is 19.3.